The highest BCUT2D eigenvalue weighted by molar-refractivity contribution is 5.77. The summed E-state index contributed by atoms with van der Waals surface area (Å²) in [5, 5.41) is 22.9. The zero-order valence-electron chi connectivity index (χ0n) is 28.9. The van der Waals surface area contributed by atoms with Crippen molar-refractivity contribution < 1.29 is 15.0 Å². The minimum atomic E-state index is -0.700. The minimum Gasteiger partial charge on any atom is -0.394 e. The number of rotatable bonds is 32. The maximum atomic E-state index is 12.3. The Morgan fingerprint density at radius 2 is 0.909 bits per heavy atom. The Hall–Kier alpha value is -1.91. The van der Waals surface area contributed by atoms with Crippen LogP contribution in [0.15, 0.2) is 60.8 Å². The summed E-state index contributed by atoms with van der Waals surface area (Å²) in [5.41, 5.74) is 0. The van der Waals surface area contributed by atoms with E-state index in [0.717, 1.165) is 44.9 Å². The number of nitrogens with one attached hydrogen (secondary N) is 1. The van der Waals surface area contributed by atoms with E-state index >= 15 is 0 Å². The van der Waals surface area contributed by atoms with Crippen molar-refractivity contribution >= 4 is 5.91 Å². The Balaban J connectivity index is 3.71. The molecule has 44 heavy (non-hydrogen) atoms. The molecule has 0 spiro atoms. The lowest BCUT2D eigenvalue weighted by molar-refractivity contribution is -0.122. The van der Waals surface area contributed by atoms with Crippen LogP contribution >= 0.6 is 0 Å². The van der Waals surface area contributed by atoms with Gasteiger partial charge in [-0.25, -0.2) is 0 Å². The summed E-state index contributed by atoms with van der Waals surface area (Å²) in [6.45, 7) is 4.19. The molecule has 3 N–H and O–H groups in total. The fourth-order valence-electron chi connectivity index (χ4n) is 5.25. The van der Waals surface area contributed by atoms with Gasteiger partial charge in [-0.2, -0.15) is 0 Å². The first kappa shape index (κ1) is 42.1. The number of carbonyl (C=O) groups excluding carboxylic acids is 1. The van der Waals surface area contributed by atoms with Crippen LogP contribution in [0.4, 0.5) is 0 Å². The molecule has 0 aromatic rings. The summed E-state index contributed by atoms with van der Waals surface area (Å²) < 4.78 is 0. The Kier molecular flexibility index (Phi) is 34.0. The van der Waals surface area contributed by atoms with Gasteiger partial charge in [0, 0.05) is 6.42 Å². The van der Waals surface area contributed by atoms with Crippen molar-refractivity contribution in [2.75, 3.05) is 6.61 Å². The number of allylic oxidation sites excluding steroid dienone is 9. The van der Waals surface area contributed by atoms with Crippen molar-refractivity contribution in [3.05, 3.63) is 60.8 Å². The molecule has 0 aliphatic heterocycles. The molecule has 0 heterocycles. The Labute approximate surface area is 273 Å². The van der Waals surface area contributed by atoms with Crippen LogP contribution < -0.4 is 5.32 Å². The summed E-state index contributed by atoms with van der Waals surface area (Å²) >= 11 is 0. The smallest absolute Gasteiger partial charge is 0.224 e. The number of hydrogen-bond donors (Lipinski definition) is 3. The van der Waals surface area contributed by atoms with Crippen molar-refractivity contribution in [1.82, 2.24) is 5.32 Å². The number of unbranched alkanes of at least 4 members (excludes halogenated alkanes) is 16. The lowest BCUT2D eigenvalue weighted by Crippen LogP contribution is -2.45. The minimum absolute atomic E-state index is 0.160. The van der Waals surface area contributed by atoms with Gasteiger partial charge in [0.25, 0.3) is 0 Å². The van der Waals surface area contributed by atoms with Crippen molar-refractivity contribution in [3.63, 3.8) is 0 Å². The molecule has 254 valence electrons. The maximum absolute atomic E-state index is 12.3. The van der Waals surface area contributed by atoms with Gasteiger partial charge in [0.15, 0.2) is 0 Å². The first-order chi connectivity index (χ1) is 21.7. The van der Waals surface area contributed by atoms with Crippen molar-refractivity contribution in [2.24, 2.45) is 0 Å². The van der Waals surface area contributed by atoms with Gasteiger partial charge in [-0.05, 0) is 38.5 Å². The zero-order chi connectivity index (χ0) is 32.2. The largest absolute Gasteiger partial charge is 0.394 e. The van der Waals surface area contributed by atoms with E-state index in [2.05, 4.69) is 67.8 Å². The van der Waals surface area contributed by atoms with Crippen LogP contribution in [0, 0.1) is 0 Å². The van der Waals surface area contributed by atoms with E-state index in [9.17, 15) is 15.0 Å². The molecule has 0 aromatic heterocycles. The molecule has 4 nitrogen and oxygen atoms in total. The third kappa shape index (κ3) is 31.5. The molecule has 0 saturated heterocycles. The molecule has 0 saturated carbocycles. The van der Waals surface area contributed by atoms with E-state index < -0.39 is 12.1 Å². The molecule has 0 aliphatic rings. The monoisotopic (exact) mass is 614 g/mol. The third-order valence-electron chi connectivity index (χ3n) is 8.07. The summed E-state index contributed by atoms with van der Waals surface area (Å²) in [6, 6.07) is -0.591. The van der Waals surface area contributed by atoms with E-state index in [1.165, 1.54) is 96.3 Å². The number of aliphatic hydroxyl groups is 2. The average molecular weight is 614 g/mol. The third-order valence-corrected chi connectivity index (χ3v) is 8.07. The van der Waals surface area contributed by atoms with Crippen LogP contribution in [-0.2, 0) is 4.79 Å². The molecule has 2 atom stereocenters. The van der Waals surface area contributed by atoms with Gasteiger partial charge in [0.1, 0.15) is 0 Å². The molecule has 0 fully saturated rings. The number of amides is 1. The van der Waals surface area contributed by atoms with Crippen LogP contribution in [0.5, 0.6) is 0 Å². The Morgan fingerprint density at radius 3 is 1.30 bits per heavy atom. The zero-order valence-corrected chi connectivity index (χ0v) is 28.9. The summed E-state index contributed by atoms with van der Waals surface area (Å²) in [4.78, 5) is 12.3. The summed E-state index contributed by atoms with van der Waals surface area (Å²) in [6.07, 6.45) is 48.7. The predicted molar refractivity (Wildman–Crippen MR) is 193 cm³/mol. The molecular formula is C40H71NO3. The first-order valence-corrected chi connectivity index (χ1v) is 18.5. The van der Waals surface area contributed by atoms with Gasteiger partial charge in [-0.15, -0.1) is 0 Å². The van der Waals surface area contributed by atoms with Crippen LogP contribution in [0.1, 0.15) is 168 Å². The van der Waals surface area contributed by atoms with Gasteiger partial charge in [0.05, 0.1) is 18.8 Å². The highest BCUT2D eigenvalue weighted by Gasteiger charge is 2.19. The van der Waals surface area contributed by atoms with Gasteiger partial charge >= 0.3 is 0 Å². The molecule has 2 unspecified atom stereocenters. The summed E-state index contributed by atoms with van der Waals surface area (Å²) in [7, 11) is 0. The number of carbonyl (C=O) groups is 1. The van der Waals surface area contributed by atoms with Crippen LogP contribution in [0.3, 0.4) is 0 Å². The topological polar surface area (TPSA) is 69.6 Å². The van der Waals surface area contributed by atoms with Crippen molar-refractivity contribution in [3.8, 4) is 0 Å². The standard InChI is InChI=1S/C40H71NO3/c1-3-5-7-9-11-13-15-17-19-20-22-23-25-27-29-31-33-35-39(43)38(37-42)41-40(44)36-34-32-30-28-26-24-21-18-16-14-12-10-8-6-4-2/h6,8,12,14,18,21,26,28,32,34,38-39,42-43H,3-5,7,9-11,13,15-17,19-20,22-25,27,29-31,33,35-37H2,1-2H3,(H,41,44)/b8-6-,14-12-,21-18-,28-26-,34-32-. The first-order valence-electron chi connectivity index (χ1n) is 18.5. The highest BCUT2D eigenvalue weighted by Crippen LogP contribution is 2.15. The number of hydrogen-bond acceptors (Lipinski definition) is 3. The lowest BCUT2D eigenvalue weighted by Gasteiger charge is -2.22. The van der Waals surface area contributed by atoms with Crippen LogP contribution in [0.2, 0.25) is 0 Å². The van der Waals surface area contributed by atoms with Crippen molar-refractivity contribution in [2.45, 2.75) is 180 Å². The predicted octanol–water partition coefficient (Wildman–Crippen LogP) is 11.0. The average Bonchev–Trinajstić information content (AvgIpc) is 3.03. The van der Waals surface area contributed by atoms with E-state index in [0.29, 0.717) is 6.42 Å². The van der Waals surface area contributed by atoms with Crippen LogP contribution in [0.25, 0.3) is 0 Å². The second-order valence-corrected chi connectivity index (χ2v) is 12.3. The van der Waals surface area contributed by atoms with Gasteiger partial charge in [0.2, 0.25) is 5.91 Å². The second-order valence-electron chi connectivity index (χ2n) is 12.3. The normalized spacial score (nSPS) is 13.8. The van der Waals surface area contributed by atoms with Crippen molar-refractivity contribution in [1.29, 1.82) is 0 Å². The Morgan fingerprint density at radius 1 is 0.545 bits per heavy atom. The molecule has 0 rings (SSSR count). The lowest BCUT2D eigenvalue weighted by atomic mass is 10.0. The molecule has 0 aromatic carbocycles. The van der Waals surface area contributed by atoms with Gasteiger partial charge in [-0.1, -0.05) is 184 Å². The molecule has 4 heteroatoms. The fourth-order valence-corrected chi connectivity index (χ4v) is 5.25. The fraction of sp³-hybridized carbons (Fsp3) is 0.725. The van der Waals surface area contributed by atoms with E-state index in [1.54, 1.807) is 0 Å². The molecule has 0 aliphatic carbocycles. The molecular weight excluding hydrogens is 542 g/mol. The SMILES string of the molecule is CC/C=C\C/C=C\C/C=C\C/C=C\C/C=C\CC(=O)NC(CO)C(O)CCCCCCCCCCCCCCCCCCC. The van der Waals surface area contributed by atoms with E-state index in [4.69, 9.17) is 0 Å². The van der Waals surface area contributed by atoms with Crippen LogP contribution in [-0.4, -0.2) is 34.9 Å². The number of aliphatic hydroxyl groups excluding tert-OH is 2. The molecule has 0 bridgehead atoms. The van der Waals surface area contributed by atoms with E-state index in [1.807, 2.05) is 12.2 Å². The van der Waals surface area contributed by atoms with E-state index in [-0.39, 0.29) is 18.9 Å². The molecule has 1 amide bonds. The van der Waals surface area contributed by atoms with Gasteiger partial charge < -0.3 is 15.5 Å². The maximum Gasteiger partial charge on any atom is 0.224 e. The second kappa shape index (κ2) is 35.6. The Bertz CT molecular complexity index is 752. The summed E-state index contributed by atoms with van der Waals surface area (Å²) in [5.74, 6) is -0.160. The quantitative estimate of drug-likeness (QED) is 0.0522. The highest BCUT2D eigenvalue weighted by atomic mass is 16.3. The molecule has 0 radical (unpaired) electrons. The van der Waals surface area contributed by atoms with Gasteiger partial charge in [-0.3, -0.25) is 4.79 Å².